The number of carbonyl (C=O) groups excluding carboxylic acids is 1. The van der Waals surface area contributed by atoms with Gasteiger partial charge in [-0.15, -0.1) is 0 Å². The van der Waals surface area contributed by atoms with Crippen LogP contribution in [0.3, 0.4) is 0 Å². The van der Waals surface area contributed by atoms with Crippen molar-refractivity contribution < 1.29 is 4.79 Å². The second-order valence-electron chi connectivity index (χ2n) is 7.74. The summed E-state index contributed by atoms with van der Waals surface area (Å²) in [5.74, 6) is 0.885. The number of hydrogen-bond acceptors (Lipinski definition) is 7. The number of aromatic nitrogens is 3. The monoisotopic (exact) mass is 484 g/mol. The first-order valence-electron chi connectivity index (χ1n) is 11.6. The van der Waals surface area contributed by atoms with E-state index < -0.39 is 0 Å². The Morgan fingerprint density at radius 3 is 1.71 bits per heavy atom. The van der Waals surface area contributed by atoms with Crippen molar-refractivity contribution in [3.63, 3.8) is 0 Å². The van der Waals surface area contributed by atoms with Crippen molar-refractivity contribution in [3.8, 4) is 0 Å². The van der Waals surface area contributed by atoms with Crippen molar-refractivity contribution in [1.29, 1.82) is 0 Å². The van der Waals surface area contributed by atoms with E-state index in [1.165, 1.54) is 11.8 Å². The summed E-state index contributed by atoms with van der Waals surface area (Å²) in [6.07, 6.45) is 1.71. The maximum Gasteiger partial charge on any atom is 0.234 e. The molecule has 0 aliphatic carbocycles. The van der Waals surface area contributed by atoms with Gasteiger partial charge < -0.3 is 16.0 Å². The fraction of sp³-hybridized carbons (Fsp3) is 0.185. The highest BCUT2D eigenvalue weighted by Gasteiger charge is 2.13. The van der Waals surface area contributed by atoms with Crippen LogP contribution in [0.25, 0.3) is 0 Å². The van der Waals surface area contributed by atoms with E-state index in [4.69, 9.17) is 0 Å². The Kier molecular flexibility index (Phi) is 8.30. The maximum atomic E-state index is 12.8. The maximum absolute atomic E-state index is 12.8. The van der Waals surface area contributed by atoms with Crippen LogP contribution in [0.4, 0.5) is 29.0 Å². The van der Waals surface area contributed by atoms with Gasteiger partial charge in [0.05, 0.1) is 5.75 Å². The second kappa shape index (κ2) is 12.0. The van der Waals surface area contributed by atoms with Gasteiger partial charge in [0.25, 0.3) is 0 Å². The number of aryl methyl sites for hydroxylation is 2. The molecule has 1 amide bonds. The van der Waals surface area contributed by atoms with Crippen molar-refractivity contribution in [2.75, 3.05) is 21.7 Å². The Labute approximate surface area is 209 Å². The Hall–Kier alpha value is -3.91. The number of rotatable bonds is 10. The molecule has 4 rings (SSSR count). The van der Waals surface area contributed by atoms with E-state index in [-0.39, 0.29) is 11.7 Å². The SMILES string of the molecule is CCc1cccc(CC)c1NC(=O)CSc1nc(Nc2ccccc2)nc(Nc2ccccc2)n1. The molecule has 0 bridgehead atoms. The van der Waals surface area contributed by atoms with Gasteiger partial charge in [-0.2, -0.15) is 15.0 Å². The van der Waals surface area contributed by atoms with Crippen LogP contribution in [0.15, 0.2) is 84.0 Å². The van der Waals surface area contributed by atoms with E-state index in [1.807, 2.05) is 66.7 Å². The molecule has 35 heavy (non-hydrogen) atoms. The molecule has 0 saturated carbocycles. The lowest BCUT2D eigenvalue weighted by atomic mass is 10.0. The third kappa shape index (κ3) is 6.80. The van der Waals surface area contributed by atoms with E-state index in [0.717, 1.165) is 41.0 Å². The second-order valence-corrected chi connectivity index (χ2v) is 8.68. The molecule has 0 saturated heterocycles. The molecule has 1 heterocycles. The average molecular weight is 485 g/mol. The van der Waals surface area contributed by atoms with Crippen molar-refractivity contribution >= 4 is 46.6 Å². The smallest absolute Gasteiger partial charge is 0.234 e. The van der Waals surface area contributed by atoms with Gasteiger partial charge in [-0.25, -0.2) is 0 Å². The third-order valence-corrected chi connectivity index (χ3v) is 6.12. The van der Waals surface area contributed by atoms with Crippen LogP contribution in [0, 0.1) is 0 Å². The number of carbonyl (C=O) groups is 1. The molecule has 0 aliphatic rings. The number of anilines is 5. The highest BCUT2D eigenvalue weighted by atomic mass is 32.2. The molecule has 7 nitrogen and oxygen atoms in total. The molecule has 178 valence electrons. The number of amides is 1. The minimum atomic E-state index is -0.0962. The molecule has 0 spiro atoms. The zero-order valence-corrected chi connectivity index (χ0v) is 20.6. The minimum Gasteiger partial charge on any atom is -0.325 e. The highest BCUT2D eigenvalue weighted by molar-refractivity contribution is 7.99. The number of para-hydroxylation sites is 3. The molecule has 0 radical (unpaired) electrons. The van der Waals surface area contributed by atoms with Crippen LogP contribution >= 0.6 is 11.8 Å². The highest BCUT2D eigenvalue weighted by Crippen LogP contribution is 2.25. The van der Waals surface area contributed by atoms with E-state index in [0.29, 0.717) is 17.1 Å². The van der Waals surface area contributed by atoms with Gasteiger partial charge in [0.1, 0.15) is 0 Å². The van der Waals surface area contributed by atoms with Gasteiger partial charge in [0.2, 0.25) is 17.8 Å². The minimum absolute atomic E-state index is 0.0962. The Morgan fingerprint density at radius 1 is 0.714 bits per heavy atom. The largest absolute Gasteiger partial charge is 0.325 e. The van der Waals surface area contributed by atoms with Crippen LogP contribution in [-0.4, -0.2) is 26.6 Å². The van der Waals surface area contributed by atoms with E-state index in [2.05, 4.69) is 56.9 Å². The lowest BCUT2D eigenvalue weighted by Crippen LogP contribution is -2.17. The van der Waals surface area contributed by atoms with Crippen molar-refractivity contribution in [2.24, 2.45) is 0 Å². The summed E-state index contributed by atoms with van der Waals surface area (Å²) >= 11 is 1.27. The summed E-state index contributed by atoms with van der Waals surface area (Å²) in [5, 5.41) is 9.97. The normalized spacial score (nSPS) is 10.6. The number of hydrogen-bond donors (Lipinski definition) is 3. The van der Waals surface area contributed by atoms with Crippen LogP contribution in [0.2, 0.25) is 0 Å². The van der Waals surface area contributed by atoms with Crippen LogP contribution in [-0.2, 0) is 17.6 Å². The molecule has 0 unspecified atom stereocenters. The standard InChI is InChI=1S/C27H28N6OS/c1-3-19-12-11-13-20(4-2)24(19)30-23(34)18-35-27-32-25(28-21-14-7-5-8-15-21)31-26(33-27)29-22-16-9-6-10-17-22/h5-17H,3-4,18H2,1-2H3,(H,30,34)(H2,28,29,31,32,33). The van der Waals surface area contributed by atoms with E-state index in [1.54, 1.807) is 0 Å². The first kappa shape index (κ1) is 24.2. The molecule has 3 N–H and O–H groups in total. The molecule has 0 fully saturated rings. The number of benzene rings is 3. The summed E-state index contributed by atoms with van der Waals surface area (Å²) < 4.78 is 0. The summed E-state index contributed by atoms with van der Waals surface area (Å²) in [6.45, 7) is 4.18. The molecule has 0 atom stereocenters. The fourth-order valence-electron chi connectivity index (χ4n) is 3.54. The van der Waals surface area contributed by atoms with Gasteiger partial charge >= 0.3 is 0 Å². The first-order chi connectivity index (χ1) is 17.1. The molecule has 1 aromatic heterocycles. The molecule has 0 aliphatic heterocycles. The summed E-state index contributed by atoms with van der Waals surface area (Å²) in [4.78, 5) is 26.4. The predicted octanol–water partition coefficient (Wildman–Crippen LogP) is 6.21. The van der Waals surface area contributed by atoms with Crippen LogP contribution in [0.1, 0.15) is 25.0 Å². The van der Waals surface area contributed by atoms with Gasteiger partial charge in [-0.3, -0.25) is 4.79 Å². The van der Waals surface area contributed by atoms with E-state index >= 15 is 0 Å². The summed E-state index contributed by atoms with van der Waals surface area (Å²) in [6, 6.07) is 25.5. The zero-order chi connectivity index (χ0) is 24.5. The Balaban J connectivity index is 1.51. The Bertz CT molecular complexity index is 1190. The van der Waals surface area contributed by atoms with Gasteiger partial charge in [-0.05, 0) is 48.2 Å². The van der Waals surface area contributed by atoms with E-state index in [9.17, 15) is 4.79 Å². The lowest BCUT2D eigenvalue weighted by molar-refractivity contribution is -0.113. The van der Waals surface area contributed by atoms with Crippen molar-refractivity contribution in [3.05, 3.63) is 90.0 Å². The van der Waals surface area contributed by atoms with Gasteiger partial charge in [0, 0.05) is 17.1 Å². The molecular weight excluding hydrogens is 456 g/mol. The van der Waals surface area contributed by atoms with Crippen LogP contribution < -0.4 is 16.0 Å². The Morgan fingerprint density at radius 2 is 1.23 bits per heavy atom. The quantitative estimate of drug-likeness (QED) is 0.230. The summed E-state index contributed by atoms with van der Waals surface area (Å²) in [7, 11) is 0. The predicted molar refractivity (Wildman–Crippen MR) is 144 cm³/mol. The molecule has 4 aromatic rings. The number of nitrogens with one attached hydrogen (secondary N) is 3. The van der Waals surface area contributed by atoms with Crippen molar-refractivity contribution in [2.45, 2.75) is 31.8 Å². The average Bonchev–Trinajstić information content (AvgIpc) is 2.88. The van der Waals surface area contributed by atoms with Gasteiger partial charge in [0.15, 0.2) is 5.16 Å². The third-order valence-electron chi connectivity index (χ3n) is 5.27. The molecular formula is C27H28N6OS. The fourth-order valence-corrected chi connectivity index (χ4v) is 4.18. The summed E-state index contributed by atoms with van der Waals surface area (Å²) in [5.41, 5.74) is 4.90. The number of nitrogens with zero attached hydrogens (tertiary/aromatic N) is 3. The van der Waals surface area contributed by atoms with Gasteiger partial charge in [-0.1, -0.05) is 80.2 Å². The first-order valence-corrected chi connectivity index (χ1v) is 12.6. The topological polar surface area (TPSA) is 91.8 Å². The van der Waals surface area contributed by atoms with Crippen molar-refractivity contribution in [1.82, 2.24) is 15.0 Å². The lowest BCUT2D eigenvalue weighted by Gasteiger charge is -2.14. The van der Waals surface area contributed by atoms with Crippen LogP contribution in [0.5, 0.6) is 0 Å². The number of thioether (sulfide) groups is 1. The zero-order valence-electron chi connectivity index (χ0n) is 19.8. The molecule has 3 aromatic carbocycles. The molecule has 8 heteroatoms.